The van der Waals surface area contributed by atoms with Gasteiger partial charge in [-0.25, -0.2) is 0 Å². The molecule has 0 amide bonds. The number of hydrogen-bond acceptors (Lipinski definition) is 4. The van der Waals surface area contributed by atoms with Crippen LogP contribution in [0.15, 0.2) is 29.1 Å². The lowest BCUT2D eigenvalue weighted by Crippen LogP contribution is -2.29. The largest absolute Gasteiger partial charge is 0.271 e. The lowest BCUT2D eigenvalue weighted by atomic mass is 10.1. The number of aromatic nitrogens is 2. The number of thiophene rings is 1. The molecule has 5 heteroatoms. The molecule has 2 aromatic heterocycles. The van der Waals surface area contributed by atoms with Gasteiger partial charge >= 0.3 is 0 Å². The molecule has 2 rings (SSSR count). The smallest absolute Gasteiger partial charge is 0.0632 e. The molecule has 0 radical (unpaired) electrons. The molecule has 0 saturated heterocycles. The van der Waals surface area contributed by atoms with Crippen molar-refractivity contribution < 1.29 is 0 Å². The van der Waals surface area contributed by atoms with Crippen molar-refractivity contribution in [3.05, 3.63) is 40.3 Å². The average molecular weight is 236 g/mol. The molecule has 16 heavy (non-hydrogen) atoms. The molecule has 0 aromatic carbocycles. The summed E-state index contributed by atoms with van der Waals surface area (Å²) in [6.45, 7) is 0. The van der Waals surface area contributed by atoms with Gasteiger partial charge in [0.1, 0.15) is 0 Å². The molecule has 2 heterocycles. The van der Waals surface area contributed by atoms with Gasteiger partial charge in [-0.1, -0.05) is 0 Å². The van der Waals surface area contributed by atoms with Gasteiger partial charge in [0, 0.05) is 13.2 Å². The number of nitrogens with one attached hydrogen (secondary N) is 1. The van der Waals surface area contributed by atoms with Crippen molar-refractivity contribution in [3.8, 4) is 0 Å². The van der Waals surface area contributed by atoms with Gasteiger partial charge in [-0.2, -0.15) is 16.4 Å². The van der Waals surface area contributed by atoms with Crippen LogP contribution in [0.2, 0.25) is 0 Å². The molecule has 0 aliphatic heterocycles. The van der Waals surface area contributed by atoms with Crippen molar-refractivity contribution in [2.45, 2.75) is 18.9 Å². The topological polar surface area (TPSA) is 55.9 Å². The molecule has 0 spiro atoms. The Morgan fingerprint density at radius 3 is 3.00 bits per heavy atom. The second-order valence-corrected chi connectivity index (χ2v) is 4.55. The van der Waals surface area contributed by atoms with E-state index in [9.17, 15) is 0 Å². The molecule has 4 nitrogen and oxygen atoms in total. The Morgan fingerprint density at radius 2 is 2.44 bits per heavy atom. The Bertz CT molecular complexity index is 421. The van der Waals surface area contributed by atoms with Crippen LogP contribution in [-0.2, 0) is 13.5 Å². The summed E-state index contributed by atoms with van der Waals surface area (Å²) in [6.07, 6.45) is 3.81. The highest BCUT2D eigenvalue weighted by atomic mass is 32.1. The van der Waals surface area contributed by atoms with Crippen LogP contribution >= 0.6 is 11.3 Å². The molecule has 1 atom stereocenters. The second kappa shape index (κ2) is 5.25. The Labute approximate surface area is 99.1 Å². The third-order valence-corrected chi connectivity index (χ3v) is 3.45. The fourth-order valence-electron chi connectivity index (χ4n) is 1.79. The fourth-order valence-corrected chi connectivity index (χ4v) is 2.49. The van der Waals surface area contributed by atoms with Crippen LogP contribution in [0.25, 0.3) is 0 Å². The predicted molar refractivity (Wildman–Crippen MR) is 65.9 cm³/mol. The maximum absolute atomic E-state index is 5.58. The van der Waals surface area contributed by atoms with Gasteiger partial charge < -0.3 is 0 Å². The summed E-state index contributed by atoms with van der Waals surface area (Å²) in [6, 6.07) is 4.31. The molecule has 0 fully saturated rings. The van der Waals surface area contributed by atoms with Crippen LogP contribution in [0, 0.1) is 0 Å². The van der Waals surface area contributed by atoms with Crippen LogP contribution in [0.1, 0.15) is 23.7 Å². The van der Waals surface area contributed by atoms with Crippen molar-refractivity contribution in [1.82, 2.24) is 15.2 Å². The molecule has 86 valence electrons. The van der Waals surface area contributed by atoms with E-state index in [-0.39, 0.29) is 6.04 Å². The number of nitrogens with zero attached hydrogens (tertiary/aromatic N) is 2. The molecule has 0 saturated carbocycles. The van der Waals surface area contributed by atoms with Gasteiger partial charge in [-0.15, -0.1) is 0 Å². The summed E-state index contributed by atoms with van der Waals surface area (Å²) in [7, 11) is 1.93. The van der Waals surface area contributed by atoms with E-state index >= 15 is 0 Å². The van der Waals surface area contributed by atoms with Crippen LogP contribution < -0.4 is 11.3 Å². The third-order valence-electron chi connectivity index (χ3n) is 2.72. The van der Waals surface area contributed by atoms with Crippen molar-refractivity contribution in [2.75, 3.05) is 0 Å². The lowest BCUT2D eigenvalue weighted by molar-refractivity contribution is 0.481. The molecular weight excluding hydrogens is 220 g/mol. The van der Waals surface area contributed by atoms with Crippen LogP contribution in [0.3, 0.4) is 0 Å². The maximum Gasteiger partial charge on any atom is 0.0632 e. The minimum atomic E-state index is 0.160. The number of rotatable bonds is 5. The van der Waals surface area contributed by atoms with Gasteiger partial charge in [-0.3, -0.25) is 16.0 Å². The van der Waals surface area contributed by atoms with Crippen LogP contribution in [-0.4, -0.2) is 9.78 Å². The highest BCUT2D eigenvalue weighted by Crippen LogP contribution is 2.18. The standard InChI is InChI=1S/C11H16N4S/c1-15-11(4-6-13-15)10(14-12)3-2-9-5-7-16-8-9/h4-8,10,14H,2-3,12H2,1H3. The zero-order chi connectivity index (χ0) is 11.4. The summed E-state index contributed by atoms with van der Waals surface area (Å²) < 4.78 is 1.86. The average Bonchev–Trinajstić information content (AvgIpc) is 2.92. The first-order chi connectivity index (χ1) is 7.81. The van der Waals surface area contributed by atoms with E-state index < -0.39 is 0 Å². The van der Waals surface area contributed by atoms with E-state index in [2.05, 4.69) is 27.4 Å². The quantitative estimate of drug-likeness (QED) is 0.612. The highest BCUT2D eigenvalue weighted by molar-refractivity contribution is 7.07. The Morgan fingerprint density at radius 1 is 1.56 bits per heavy atom. The minimum absolute atomic E-state index is 0.160. The summed E-state index contributed by atoms with van der Waals surface area (Å²) >= 11 is 1.73. The predicted octanol–water partition coefficient (Wildman–Crippen LogP) is 1.62. The molecule has 3 N–H and O–H groups in total. The molecular formula is C11H16N4S. The van der Waals surface area contributed by atoms with Crippen molar-refractivity contribution in [1.29, 1.82) is 0 Å². The van der Waals surface area contributed by atoms with Crippen molar-refractivity contribution >= 4 is 11.3 Å². The van der Waals surface area contributed by atoms with Crippen molar-refractivity contribution in [2.24, 2.45) is 12.9 Å². The highest BCUT2D eigenvalue weighted by Gasteiger charge is 2.13. The summed E-state index contributed by atoms with van der Waals surface area (Å²) in [4.78, 5) is 0. The van der Waals surface area contributed by atoms with E-state index in [0.717, 1.165) is 18.5 Å². The SMILES string of the molecule is Cn1nccc1C(CCc1ccsc1)NN. The Balaban J connectivity index is 1.99. The summed E-state index contributed by atoms with van der Waals surface area (Å²) in [5.41, 5.74) is 5.34. The number of nitrogens with two attached hydrogens (primary N) is 1. The van der Waals surface area contributed by atoms with Gasteiger partial charge in [0.15, 0.2) is 0 Å². The zero-order valence-electron chi connectivity index (χ0n) is 9.26. The van der Waals surface area contributed by atoms with Gasteiger partial charge in [0.2, 0.25) is 0 Å². The van der Waals surface area contributed by atoms with Gasteiger partial charge in [0.25, 0.3) is 0 Å². The van der Waals surface area contributed by atoms with Crippen LogP contribution in [0.5, 0.6) is 0 Å². The molecule has 0 aliphatic carbocycles. The van der Waals surface area contributed by atoms with Crippen molar-refractivity contribution in [3.63, 3.8) is 0 Å². The summed E-state index contributed by atoms with van der Waals surface area (Å²) in [5.74, 6) is 5.58. The van der Waals surface area contributed by atoms with Crippen LogP contribution in [0.4, 0.5) is 0 Å². The maximum atomic E-state index is 5.58. The lowest BCUT2D eigenvalue weighted by Gasteiger charge is -2.15. The second-order valence-electron chi connectivity index (χ2n) is 3.77. The first-order valence-corrected chi connectivity index (χ1v) is 6.20. The van der Waals surface area contributed by atoms with Gasteiger partial charge in [-0.05, 0) is 41.3 Å². The molecule has 2 aromatic rings. The third kappa shape index (κ3) is 2.49. The van der Waals surface area contributed by atoms with E-state index in [1.54, 1.807) is 17.5 Å². The van der Waals surface area contributed by atoms with E-state index in [0.29, 0.717) is 0 Å². The van der Waals surface area contributed by atoms with E-state index in [1.807, 2.05) is 17.8 Å². The monoisotopic (exact) mass is 236 g/mol. The number of hydrazine groups is 1. The Kier molecular flexibility index (Phi) is 3.71. The number of hydrogen-bond donors (Lipinski definition) is 2. The molecule has 0 bridgehead atoms. The molecule has 0 aliphatic rings. The minimum Gasteiger partial charge on any atom is -0.271 e. The Hall–Kier alpha value is -1.17. The first kappa shape index (κ1) is 11.3. The van der Waals surface area contributed by atoms with E-state index in [4.69, 9.17) is 5.84 Å². The zero-order valence-corrected chi connectivity index (χ0v) is 10.1. The van der Waals surface area contributed by atoms with E-state index in [1.165, 1.54) is 5.56 Å². The molecule has 1 unspecified atom stereocenters. The first-order valence-electron chi connectivity index (χ1n) is 5.26. The fraction of sp³-hybridized carbons (Fsp3) is 0.364. The number of aryl methyl sites for hydroxylation is 2. The van der Waals surface area contributed by atoms with Gasteiger partial charge in [0.05, 0.1) is 11.7 Å². The summed E-state index contributed by atoms with van der Waals surface area (Å²) in [5, 5.41) is 8.43. The normalized spacial score (nSPS) is 12.9.